The molecule has 2 aromatic carbocycles. The van der Waals surface area contributed by atoms with Crippen LogP contribution < -0.4 is 75.3 Å². The molecule has 12 atom stereocenters. The van der Waals surface area contributed by atoms with Gasteiger partial charge in [-0.15, -0.1) is 0 Å². The number of aromatic amines is 1. The number of aliphatic imine (C=N–C) groups is 1. The van der Waals surface area contributed by atoms with Crippen molar-refractivity contribution in [2.75, 3.05) is 44.3 Å². The number of ketones is 3. The van der Waals surface area contributed by atoms with E-state index in [1.54, 1.807) is 55.6 Å². The van der Waals surface area contributed by atoms with E-state index in [1.165, 1.54) is 13.1 Å². The van der Waals surface area contributed by atoms with Crippen molar-refractivity contribution in [1.29, 1.82) is 10.8 Å². The number of carboxylic acids is 1. The summed E-state index contributed by atoms with van der Waals surface area (Å²) in [7, 11) is -3.88. The molecule has 2 saturated heterocycles. The third kappa shape index (κ3) is 41.0. The van der Waals surface area contributed by atoms with Crippen molar-refractivity contribution in [3.8, 4) is 0 Å². The number of allylic oxidation sites excluding steroid dienone is 1. The summed E-state index contributed by atoms with van der Waals surface area (Å²) in [5.41, 5.74) is 14.0. The number of aliphatic hydroxyl groups is 3. The van der Waals surface area contributed by atoms with Crippen LogP contribution in [0.2, 0.25) is 0 Å². The minimum atomic E-state index is -3.88. The Morgan fingerprint density at radius 3 is 1.84 bits per heavy atom. The highest BCUT2D eigenvalue weighted by molar-refractivity contribution is 7.92. The van der Waals surface area contributed by atoms with Crippen molar-refractivity contribution in [3.05, 3.63) is 83.7 Å². The first-order valence-electron chi connectivity index (χ1n) is 46.3. The molecule has 0 radical (unpaired) electrons. The number of hydrogen-bond donors (Lipinski definition) is 21. The van der Waals surface area contributed by atoms with Gasteiger partial charge in [0.1, 0.15) is 77.7 Å². The minimum absolute atomic E-state index is 0.0555. The summed E-state index contributed by atoms with van der Waals surface area (Å²) in [6.45, 7) is 0.165. The summed E-state index contributed by atoms with van der Waals surface area (Å²) in [5.74, 6) is -16.0. The molecule has 0 aliphatic carbocycles. The van der Waals surface area contributed by atoms with E-state index in [1.807, 2.05) is 18.2 Å². The number of rotatable bonds is 53. The van der Waals surface area contributed by atoms with Gasteiger partial charge in [0.2, 0.25) is 70.9 Å². The fourth-order valence-electron chi connectivity index (χ4n) is 15.8. The number of amides is 12. The molecule has 0 saturated carbocycles. The van der Waals surface area contributed by atoms with Gasteiger partial charge in [-0.25, -0.2) is 8.42 Å². The number of aliphatic hydroxyl groups excluding tert-OH is 3. The zero-order chi connectivity index (χ0) is 97.4. The highest BCUT2D eigenvalue weighted by Gasteiger charge is 2.44. The number of fused-ring (bicyclic) bond motifs is 2. The number of aliphatic carboxylic acids is 1. The first-order chi connectivity index (χ1) is 63.6. The molecule has 41 nitrogen and oxygen atoms in total. The Kier molecular flexibility index (Phi) is 48.6. The van der Waals surface area contributed by atoms with Crippen LogP contribution in [-0.2, 0) is 99.4 Å². The van der Waals surface area contributed by atoms with Crippen LogP contribution in [0, 0.1) is 10.8 Å². The molecule has 4 heterocycles. The predicted molar refractivity (Wildman–Crippen MR) is 494 cm³/mol. The van der Waals surface area contributed by atoms with Gasteiger partial charge in [-0.1, -0.05) is 151 Å². The summed E-state index contributed by atoms with van der Waals surface area (Å²) < 4.78 is 25.6. The number of Topliss-reactive ketones (excluding diaryl/α,β-unsaturated/α-hetero) is 3. The maximum atomic E-state index is 15.4. The van der Waals surface area contributed by atoms with Crippen LogP contribution in [0.3, 0.4) is 0 Å². The second-order valence-electron chi connectivity index (χ2n) is 34.2. The molecule has 2 fully saturated rings. The SMILES string of the molecule is CCCC[C@H](NC(=O)[C@H](CN)NC(=O)[C@H](CC1=CCC=N1)NC(=O)[C@@H](CCC(=N)O)NC(=O)[C@H](CO)NC(=O)CNC(=O)CCCS(=O)(=O)CC(=O)CCCCCCCCCCCCCCC(=O)O)C(=O)N[C@H]1CCC(=O)CCCCC[C@@H](C(C)=O)NC(=O)[C@H](Cc2c[nH]c3ccccc23)NC(=O)[C@H](CCCNC(=N)N)NC(=O)[C@@H](Cc2ccccc2)NC(=O)[C@@H]2C[C@@H](O)CN2C1=O. The van der Waals surface area contributed by atoms with E-state index in [0.29, 0.717) is 49.7 Å². The average molecular weight is 1880 g/mol. The molecule has 12 amide bonds. The maximum Gasteiger partial charge on any atom is 0.303 e. The normalized spacial score (nSPS) is 19.5. The van der Waals surface area contributed by atoms with E-state index in [9.17, 15) is 86.1 Å². The number of nitrogens with two attached hydrogens (primary N) is 2. The van der Waals surface area contributed by atoms with Crippen molar-refractivity contribution < 1.29 is 106 Å². The van der Waals surface area contributed by atoms with Gasteiger partial charge in [0.15, 0.2) is 27.5 Å². The summed E-state index contributed by atoms with van der Waals surface area (Å²) in [5, 5.41) is 87.5. The Bertz CT molecular complexity index is 4620. The highest BCUT2D eigenvalue weighted by atomic mass is 32.2. The van der Waals surface area contributed by atoms with Crippen molar-refractivity contribution in [2.24, 2.45) is 16.5 Å². The fourth-order valence-corrected chi connectivity index (χ4v) is 17.2. The topological polar surface area (TPSA) is 664 Å². The lowest BCUT2D eigenvalue weighted by atomic mass is 9.99. The fraction of sp³-hybridized carbons (Fsp3) is 0.615. The van der Waals surface area contributed by atoms with Crippen LogP contribution in [0.5, 0.6) is 0 Å². The van der Waals surface area contributed by atoms with E-state index in [2.05, 4.69) is 73.8 Å². The van der Waals surface area contributed by atoms with E-state index < -0.39 is 234 Å². The molecule has 3 aromatic rings. The van der Waals surface area contributed by atoms with Gasteiger partial charge in [-0.2, -0.15) is 0 Å². The molecule has 3 aliphatic rings. The second kappa shape index (κ2) is 58.9. The minimum Gasteiger partial charge on any atom is -0.497 e. The van der Waals surface area contributed by atoms with Crippen LogP contribution in [-0.4, -0.2) is 268 Å². The van der Waals surface area contributed by atoms with Crippen LogP contribution in [0.1, 0.15) is 237 Å². The molecule has 42 heteroatoms. The molecule has 133 heavy (non-hydrogen) atoms. The third-order valence-electron chi connectivity index (χ3n) is 23.2. The molecular weight excluding hydrogens is 1740 g/mol. The molecule has 0 bridgehead atoms. The number of sulfone groups is 1. The van der Waals surface area contributed by atoms with Crippen LogP contribution >= 0.6 is 0 Å². The number of carboxylic acid groups (broad SMARTS) is 1. The number of nitrogens with zero attached hydrogens (tertiary/aromatic N) is 2. The van der Waals surface area contributed by atoms with E-state index >= 15 is 14.4 Å². The Morgan fingerprint density at radius 1 is 0.609 bits per heavy atom. The largest absolute Gasteiger partial charge is 0.497 e. The molecular formula is C91H137N19O22S. The first kappa shape index (κ1) is 110. The molecule has 734 valence electrons. The zero-order valence-electron chi connectivity index (χ0n) is 76.1. The van der Waals surface area contributed by atoms with Gasteiger partial charge in [0, 0.05) is 119 Å². The maximum absolute atomic E-state index is 15.4. The predicted octanol–water partition coefficient (Wildman–Crippen LogP) is 1.56. The standard InChI is InChI=1S/C91H137N19O22S/c1-3-4-34-67(103-87(127)74(51-92)109-86(126)73(49-60-30-25-44-96-60)107-83(123)69(42-43-77(93)116)104-88(128)75(55-111)100-79(118)53-99-78(117)38-27-46-133(131,132)56-62(114)32-19-13-11-9-7-5-6-8-10-12-14-22-39-80(119)120)81(121)105-70-41-40-61(113)31-20-16-21-35-65(57(2)112)101-85(125)72(48-59-52-98-66-36-24-23-33-64(59)66)106-82(122)68(37-26-45-97-91(94)95)102-84(124)71(47-58-28-17-15-18-29-58)108-89(129)76-50-63(115)54-110(76)90(70)130/h15,17-18,23-24,28-30,33,36,44,52,63,65,67-76,98,111,115H,3-14,16,19-22,25-27,31-32,34-35,37-43,45-51,53-56,92H2,1-2H3,(H2,93,116)(H,99,117)(H,100,118)(H,101,125)(H,102,124)(H,103,127)(H,104,128)(H,105,121)(H,106,122)(H,107,123)(H,108,129)(H,109,126)(H,119,120)(H4,94,95,97)/t63-,65+,67+,68+,69-,70+,71-,72+,73+,74+,75+,76+/m1/s1. The molecule has 1 aromatic heterocycles. The monoisotopic (exact) mass is 1880 g/mol. The number of guanidine groups is 1. The van der Waals surface area contributed by atoms with Crippen LogP contribution in [0.25, 0.3) is 10.9 Å². The van der Waals surface area contributed by atoms with E-state index in [0.717, 1.165) is 80.0 Å². The second-order valence-corrected chi connectivity index (χ2v) is 36.4. The Balaban J connectivity index is 1.13. The zero-order valence-corrected chi connectivity index (χ0v) is 77.0. The molecule has 6 rings (SSSR count). The quantitative estimate of drug-likeness (QED) is 0.0217. The summed E-state index contributed by atoms with van der Waals surface area (Å²) in [4.78, 5) is 232. The Morgan fingerprint density at radius 2 is 1.20 bits per heavy atom. The number of aromatic nitrogens is 1. The summed E-state index contributed by atoms with van der Waals surface area (Å²) in [6, 6.07) is -1.23. The lowest BCUT2D eigenvalue weighted by molar-refractivity contribution is -0.143. The number of hydrogen-bond acceptors (Lipinski definition) is 24. The van der Waals surface area contributed by atoms with Crippen LogP contribution in [0.4, 0.5) is 0 Å². The number of nitrogens with one attached hydrogen (secondary N) is 15. The molecule has 0 unspecified atom stereocenters. The van der Waals surface area contributed by atoms with Gasteiger partial charge in [-0.3, -0.25) is 92.5 Å². The van der Waals surface area contributed by atoms with Gasteiger partial charge in [-0.05, 0) is 88.3 Å². The van der Waals surface area contributed by atoms with Crippen molar-refractivity contribution in [3.63, 3.8) is 0 Å². The van der Waals surface area contributed by atoms with Gasteiger partial charge in [0.05, 0.1) is 31.1 Å². The molecule has 3 aliphatic heterocycles. The lowest BCUT2D eigenvalue weighted by Gasteiger charge is -2.31. The molecule has 0 spiro atoms. The smallest absolute Gasteiger partial charge is 0.303 e. The Hall–Kier alpha value is -11.9. The molecule has 23 N–H and O–H groups in total. The number of benzene rings is 2. The van der Waals surface area contributed by atoms with E-state index in [4.69, 9.17) is 27.4 Å². The number of unbranched alkanes of at least 4 members (excludes halogenated alkanes) is 12. The van der Waals surface area contributed by atoms with Crippen molar-refractivity contribution >= 4 is 133 Å². The Labute approximate surface area is 774 Å². The van der Waals surface area contributed by atoms with Gasteiger partial charge >= 0.3 is 5.97 Å². The number of carbonyl (C=O) groups is 16. The number of H-pyrrole nitrogens is 1. The number of para-hydroxylation sites is 1. The van der Waals surface area contributed by atoms with Crippen molar-refractivity contribution in [1.82, 2.24) is 73.7 Å². The first-order valence-corrected chi connectivity index (χ1v) is 48.1. The van der Waals surface area contributed by atoms with E-state index in [-0.39, 0.29) is 127 Å². The summed E-state index contributed by atoms with van der Waals surface area (Å²) in [6.07, 6.45) is 13.5. The van der Waals surface area contributed by atoms with Gasteiger partial charge in [0.25, 0.3) is 0 Å². The third-order valence-corrected chi connectivity index (χ3v) is 24.9. The average Bonchev–Trinajstić information content (AvgIpc) is 1.81. The van der Waals surface area contributed by atoms with Gasteiger partial charge < -0.3 is 106 Å². The summed E-state index contributed by atoms with van der Waals surface area (Å²) >= 11 is 0. The lowest BCUT2D eigenvalue weighted by Crippen LogP contribution is -2.61. The highest BCUT2D eigenvalue weighted by Crippen LogP contribution is 2.25. The van der Waals surface area contributed by atoms with Crippen molar-refractivity contribution in [2.45, 2.75) is 311 Å². The number of carbonyl (C=O) groups excluding carboxylic acids is 15. The van der Waals surface area contributed by atoms with Crippen LogP contribution in [0.15, 0.2) is 77.6 Å².